The number of hydrogen-bond acceptors (Lipinski definition) is 20. The number of nitrogens with two attached hydrogens (primary N) is 1. The van der Waals surface area contributed by atoms with Gasteiger partial charge in [0.25, 0.3) is 0 Å². The second-order valence-corrected chi connectivity index (χ2v) is 32.5. The van der Waals surface area contributed by atoms with E-state index in [-0.39, 0.29) is 31.7 Å². The highest BCUT2D eigenvalue weighted by Crippen LogP contribution is 2.36. The van der Waals surface area contributed by atoms with Crippen LogP contribution in [0.5, 0.6) is 0 Å². The van der Waals surface area contributed by atoms with Crippen LogP contribution < -0.4 is 16.4 Å². The first-order chi connectivity index (χ1) is 46.3. The number of nitrogen functional groups attached to an aromatic ring is 1. The summed E-state index contributed by atoms with van der Waals surface area (Å²) in [6.07, 6.45) is 53.6. The number of nitrogens with one attached hydrogen (secondary N) is 2. The number of imidazole rings is 3. The second-order valence-electron chi connectivity index (χ2n) is 24.1. The molecule has 27 nitrogen and oxygen atoms in total. The summed E-state index contributed by atoms with van der Waals surface area (Å²) in [5.74, 6) is 0.913. The van der Waals surface area contributed by atoms with Gasteiger partial charge in [0.1, 0.15) is 45.1 Å². The first kappa shape index (κ1) is 81.9. The van der Waals surface area contributed by atoms with Crippen LogP contribution >= 0.6 is 21.9 Å². The zero-order valence-corrected chi connectivity index (χ0v) is 60.3. The van der Waals surface area contributed by atoms with Crippen molar-refractivity contribution in [3.05, 3.63) is 86.6 Å². The third kappa shape index (κ3) is 37.2. The predicted octanol–water partition coefficient (Wildman–Crippen LogP) is 15.1. The molecule has 30 heteroatoms. The van der Waals surface area contributed by atoms with Crippen molar-refractivity contribution in [2.24, 2.45) is 0 Å². The molecule has 0 unspecified atom stereocenters. The fourth-order valence-corrected chi connectivity index (χ4v) is 10.9. The first-order valence-corrected chi connectivity index (χ1v) is 41.2. The van der Waals surface area contributed by atoms with Gasteiger partial charge in [-0.05, 0) is 104 Å². The van der Waals surface area contributed by atoms with Gasteiger partial charge in [-0.2, -0.15) is 0 Å². The van der Waals surface area contributed by atoms with Crippen molar-refractivity contribution in [2.75, 3.05) is 95.1 Å². The molecular formula is C66H108N15O12P3. The molecule has 0 spiro atoms. The van der Waals surface area contributed by atoms with Gasteiger partial charge in [0, 0.05) is 19.6 Å². The SMILES string of the molecule is CCCCC/C=C\C/C=C\CCCCCCCCOC(=O)Nc1ncnc2c1ncn2CCOCP(=O)(O)O.CCCCC/C=C\C/C=C\CCCCCCCCOC(=O)Nc1ncnc2c1ncn2CCOCP(C)(C)=O.CP(C)(=O)COCCn1cnc2c(N)ncnc21. The van der Waals surface area contributed by atoms with E-state index in [2.05, 4.69) is 118 Å². The maximum Gasteiger partial charge on any atom is 0.412 e. The number of unbranched alkanes of at least 4 members (excludes halogenated alkanes) is 18. The summed E-state index contributed by atoms with van der Waals surface area (Å²) in [6.45, 7) is 14.3. The van der Waals surface area contributed by atoms with Gasteiger partial charge >= 0.3 is 19.8 Å². The van der Waals surface area contributed by atoms with E-state index in [4.69, 9.17) is 39.2 Å². The number of amides is 2. The van der Waals surface area contributed by atoms with E-state index in [9.17, 15) is 23.3 Å². The van der Waals surface area contributed by atoms with Crippen LogP contribution in [0.4, 0.5) is 27.0 Å². The zero-order valence-electron chi connectivity index (χ0n) is 57.6. The average molecular weight is 1400 g/mol. The Hall–Kier alpha value is -6.56. The number of hydrogen-bond donors (Lipinski definition) is 5. The normalized spacial score (nSPS) is 12.2. The summed E-state index contributed by atoms with van der Waals surface area (Å²) < 4.78 is 65.8. The number of rotatable bonds is 47. The maximum atomic E-state index is 12.2. The van der Waals surface area contributed by atoms with Crippen molar-refractivity contribution in [1.82, 2.24) is 58.6 Å². The predicted molar refractivity (Wildman–Crippen MR) is 382 cm³/mol. The van der Waals surface area contributed by atoms with Crippen molar-refractivity contribution < 1.29 is 56.8 Å². The molecule has 0 aliphatic carbocycles. The molecule has 0 atom stereocenters. The number of aromatic nitrogens is 12. The van der Waals surface area contributed by atoms with E-state index < -0.39 is 40.4 Å². The minimum Gasteiger partial charge on any atom is -0.449 e. The summed E-state index contributed by atoms with van der Waals surface area (Å²) in [6, 6.07) is 0. The van der Waals surface area contributed by atoms with Gasteiger partial charge < -0.3 is 62.0 Å². The van der Waals surface area contributed by atoms with Crippen LogP contribution in [0.15, 0.2) is 86.6 Å². The highest BCUT2D eigenvalue weighted by Gasteiger charge is 2.17. The van der Waals surface area contributed by atoms with Crippen molar-refractivity contribution in [2.45, 2.75) is 188 Å². The van der Waals surface area contributed by atoms with Crippen molar-refractivity contribution in [3.63, 3.8) is 0 Å². The van der Waals surface area contributed by atoms with Crippen LogP contribution in [0.2, 0.25) is 0 Å². The largest absolute Gasteiger partial charge is 0.449 e. The molecule has 534 valence electrons. The maximum absolute atomic E-state index is 12.2. The number of anilines is 3. The Morgan fingerprint density at radius 1 is 0.438 bits per heavy atom. The van der Waals surface area contributed by atoms with E-state index in [1.54, 1.807) is 43.9 Å². The highest BCUT2D eigenvalue weighted by atomic mass is 31.2. The number of fused-ring (bicyclic) bond motifs is 3. The van der Waals surface area contributed by atoms with Crippen LogP contribution in [-0.2, 0) is 57.0 Å². The molecule has 0 aliphatic heterocycles. The Bertz CT molecular complexity index is 3240. The Labute approximate surface area is 567 Å². The summed E-state index contributed by atoms with van der Waals surface area (Å²) in [7, 11) is -8.54. The molecule has 0 radical (unpaired) electrons. The van der Waals surface area contributed by atoms with Crippen LogP contribution in [0, 0.1) is 0 Å². The minimum atomic E-state index is -4.21. The molecular weight excluding hydrogens is 1290 g/mol. The van der Waals surface area contributed by atoms with Gasteiger partial charge in [0.2, 0.25) is 0 Å². The first-order valence-electron chi connectivity index (χ1n) is 33.8. The highest BCUT2D eigenvalue weighted by molar-refractivity contribution is 7.62. The molecule has 6 N–H and O–H groups in total. The van der Waals surface area contributed by atoms with Gasteiger partial charge in [0.15, 0.2) is 45.4 Å². The smallest absolute Gasteiger partial charge is 0.412 e. The summed E-state index contributed by atoms with van der Waals surface area (Å²) >= 11 is 0. The molecule has 2 amide bonds. The lowest BCUT2D eigenvalue weighted by molar-refractivity contribution is 0.149. The Morgan fingerprint density at radius 3 is 1.15 bits per heavy atom. The molecule has 6 aromatic heterocycles. The fraction of sp³-hybridized carbons (Fsp3) is 0.621. The van der Waals surface area contributed by atoms with Gasteiger partial charge in [0.05, 0.1) is 64.7 Å². The van der Waals surface area contributed by atoms with E-state index >= 15 is 0 Å². The quantitative estimate of drug-likeness (QED) is 0.0135. The van der Waals surface area contributed by atoms with Crippen LogP contribution in [0.25, 0.3) is 33.5 Å². The van der Waals surface area contributed by atoms with Crippen LogP contribution in [-0.4, -0.2) is 159 Å². The molecule has 0 saturated heterocycles. The number of carbonyl (C=O) groups excluding carboxylic acids is 2. The summed E-state index contributed by atoms with van der Waals surface area (Å²) in [5.41, 5.74) is 8.89. The van der Waals surface area contributed by atoms with Crippen molar-refractivity contribution >= 4 is 85.0 Å². The van der Waals surface area contributed by atoms with Crippen LogP contribution in [0.3, 0.4) is 0 Å². The van der Waals surface area contributed by atoms with E-state index in [1.807, 2.05) is 9.13 Å². The van der Waals surface area contributed by atoms with Gasteiger partial charge in [-0.1, -0.05) is 140 Å². The van der Waals surface area contributed by atoms with Gasteiger partial charge in [-0.25, -0.2) is 54.4 Å². The molecule has 6 heterocycles. The number of carbonyl (C=O) groups is 2. The number of ether oxygens (including phenoxy) is 5. The lowest BCUT2D eigenvalue weighted by atomic mass is 10.1. The van der Waals surface area contributed by atoms with E-state index in [0.717, 1.165) is 64.2 Å². The summed E-state index contributed by atoms with van der Waals surface area (Å²) in [5, 5.41) is 5.28. The lowest BCUT2D eigenvalue weighted by Gasteiger charge is -2.09. The van der Waals surface area contributed by atoms with Crippen LogP contribution in [0.1, 0.15) is 168 Å². The van der Waals surface area contributed by atoms with E-state index in [1.165, 1.54) is 115 Å². The van der Waals surface area contributed by atoms with Gasteiger partial charge in [-0.15, -0.1) is 0 Å². The monoisotopic (exact) mass is 1400 g/mol. The standard InChI is InChI=1S/C29H48N5O4P.C27H44N5O6P.C10H16N5O2P/c1-4-5-6-7-8-9-10-11-12-13-14-15-16-17-18-19-21-38-29(35)33-27-26-28(31-23-30-27)34(24-32-26)20-22-37-25-39(2,3)36;1-2-3-4-5-6-7-8-9-10-11-12-13-14-15-16-17-19-38-27(33)31-25-24-26(29-21-28-25)32(22-30-24)18-20-37-23-39(34,35)36;1-18(2,16)7-17-4-3-15-6-14-8-9(11)12-5-13-10(8)15/h8-9,11-12,23-24H,4-7,10,13-22,25H2,1-3H3,(H,30,31,33,35);6-7,9-10,21-22H,2-5,8,11-20,23H2,1H3,(H2,34,35,36)(H,28,29,31,33);5-6H,3-4,7H2,1-2H3,(H2,11,12,13)/b9-8-,12-11-;7-6-,10-9-;. The molecule has 96 heavy (non-hydrogen) atoms. The summed E-state index contributed by atoms with van der Waals surface area (Å²) in [4.78, 5) is 79.5. The molecule has 6 rings (SSSR count). The Balaban J connectivity index is 0.000000326. The van der Waals surface area contributed by atoms with E-state index in [0.29, 0.717) is 84.6 Å². The molecule has 0 aliphatic rings. The lowest BCUT2D eigenvalue weighted by Crippen LogP contribution is -2.16. The molecule has 0 fully saturated rings. The number of nitrogens with zero attached hydrogens (tertiary/aromatic N) is 12. The topological polar surface area (TPSA) is 353 Å². The third-order valence-electron chi connectivity index (χ3n) is 14.3. The Morgan fingerprint density at radius 2 is 0.771 bits per heavy atom. The fourth-order valence-electron chi connectivity index (χ4n) is 9.35. The Kier molecular flexibility index (Phi) is 41.1. The molecule has 6 aromatic rings. The minimum absolute atomic E-state index is 0.0690. The van der Waals surface area contributed by atoms with Crippen molar-refractivity contribution in [1.29, 1.82) is 0 Å². The molecule has 0 aromatic carbocycles. The second kappa shape index (κ2) is 48.2. The van der Waals surface area contributed by atoms with Crippen molar-refractivity contribution in [3.8, 4) is 0 Å². The molecule has 0 saturated carbocycles. The average Bonchev–Trinajstić information content (AvgIpc) is 1.68. The zero-order chi connectivity index (χ0) is 69.5. The number of allylic oxidation sites excluding steroid dienone is 8. The van der Waals surface area contributed by atoms with Gasteiger partial charge in [-0.3, -0.25) is 15.2 Å². The third-order valence-corrected chi connectivity index (χ3v) is 16.5. The molecule has 0 bridgehead atoms.